The fourth-order valence-corrected chi connectivity index (χ4v) is 4.58. The Kier molecular flexibility index (Phi) is 9.52. The molecule has 0 aliphatic carbocycles. The summed E-state index contributed by atoms with van der Waals surface area (Å²) in [6, 6.07) is 30.9. The van der Waals surface area contributed by atoms with Gasteiger partial charge in [-0.1, -0.05) is 104 Å². The van der Waals surface area contributed by atoms with Crippen molar-refractivity contribution < 1.29 is 14.3 Å². The zero-order chi connectivity index (χ0) is 26.7. The minimum absolute atomic E-state index is 0.144. The molecule has 38 heavy (non-hydrogen) atoms. The molecule has 5 nitrogen and oxygen atoms in total. The van der Waals surface area contributed by atoms with Crippen LogP contribution in [0.4, 0.5) is 0 Å². The topological polar surface area (TPSA) is 58.6 Å². The molecule has 196 valence electrons. The minimum atomic E-state index is -0.669. The van der Waals surface area contributed by atoms with E-state index in [1.807, 2.05) is 104 Å². The predicted octanol–water partition coefficient (Wildman–Crippen LogP) is 6.08. The van der Waals surface area contributed by atoms with Crippen LogP contribution < -0.4 is 10.1 Å². The number of carbonyl (C=O) groups is 2. The van der Waals surface area contributed by atoms with Gasteiger partial charge in [-0.15, -0.1) is 0 Å². The van der Waals surface area contributed by atoms with E-state index in [1.165, 1.54) is 0 Å². The van der Waals surface area contributed by atoms with E-state index in [9.17, 15) is 9.59 Å². The van der Waals surface area contributed by atoms with Gasteiger partial charge in [-0.25, -0.2) is 0 Å². The van der Waals surface area contributed by atoms with Crippen LogP contribution in [0.15, 0.2) is 97.1 Å². The Morgan fingerprint density at radius 3 is 2.37 bits per heavy atom. The molecular weight excluding hydrogens is 472 g/mol. The summed E-state index contributed by atoms with van der Waals surface area (Å²) in [7, 11) is 0. The zero-order valence-corrected chi connectivity index (χ0v) is 22.2. The first-order chi connectivity index (χ1) is 18.6. The molecule has 0 radical (unpaired) electrons. The maximum Gasteiger partial charge on any atom is 0.261 e. The molecule has 0 heterocycles. The Bertz CT molecular complexity index is 1350. The number of ether oxygens (including phenoxy) is 1. The van der Waals surface area contributed by atoms with Gasteiger partial charge in [0.15, 0.2) is 6.61 Å². The average molecular weight is 509 g/mol. The first-order valence-corrected chi connectivity index (χ1v) is 13.3. The third-order valence-corrected chi connectivity index (χ3v) is 6.80. The van der Waals surface area contributed by atoms with E-state index in [4.69, 9.17) is 4.74 Å². The van der Waals surface area contributed by atoms with Crippen molar-refractivity contribution >= 4 is 22.6 Å². The van der Waals surface area contributed by atoms with Gasteiger partial charge >= 0.3 is 0 Å². The number of hydrogen-bond donors (Lipinski definition) is 1. The number of nitrogens with one attached hydrogen (secondary N) is 1. The predicted molar refractivity (Wildman–Crippen MR) is 153 cm³/mol. The molecule has 4 rings (SSSR count). The number of aryl methyl sites for hydroxylation is 1. The highest BCUT2D eigenvalue weighted by Crippen LogP contribution is 2.25. The second-order valence-electron chi connectivity index (χ2n) is 9.56. The normalized spacial score (nSPS) is 11.6. The molecule has 4 aromatic carbocycles. The van der Waals surface area contributed by atoms with Gasteiger partial charge in [0, 0.05) is 24.9 Å². The molecule has 0 spiro atoms. The summed E-state index contributed by atoms with van der Waals surface area (Å²) in [5, 5.41) is 5.06. The fraction of sp³-hybridized carbons (Fsp3) is 0.273. The molecule has 0 fully saturated rings. The summed E-state index contributed by atoms with van der Waals surface area (Å²) in [6.07, 6.45) is 2.29. The fourth-order valence-electron chi connectivity index (χ4n) is 4.58. The van der Waals surface area contributed by atoms with Crippen molar-refractivity contribution in [1.82, 2.24) is 10.2 Å². The highest BCUT2D eigenvalue weighted by Gasteiger charge is 2.31. The Morgan fingerprint density at radius 1 is 0.868 bits per heavy atom. The van der Waals surface area contributed by atoms with Crippen molar-refractivity contribution in [1.29, 1.82) is 0 Å². The molecule has 0 aliphatic heterocycles. The average Bonchev–Trinajstić information content (AvgIpc) is 2.95. The first kappa shape index (κ1) is 26.9. The smallest absolute Gasteiger partial charge is 0.261 e. The van der Waals surface area contributed by atoms with Crippen molar-refractivity contribution in [3.8, 4) is 5.75 Å². The number of carbonyl (C=O) groups excluding carboxylic acids is 2. The van der Waals surface area contributed by atoms with Gasteiger partial charge in [0.1, 0.15) is 11.8 Å². The number of benzene rings is 4. The lowest BCUT2D eigenvalue weighted by molar-refractivity contribution is -0.142. The largest absolute Gasteiger partial charge is 0.483 e. The van der Waals surface area contributed by atoms with E-state index in [1.54, 1.807) is 4.90 Å². The Labute approximate surface area is 225 Å². The van der Waals surface area contributed by atoms with Crippen molar-refractivity contribution in [3.05, 3.63) is 114 Å². The Balaban J connectivity index is 1.63. The van der Waals surface area contributed by atoms with Gasteiger partial charge in [0.25, 0.3) is 5.91 Å². The number of unbranched alkanes of at least 4 members (excludes halogenated alkanes) is 1. The number of amides is 2. The van der Waals surface area contributed by atoms with Crippen LogP contribution in [0, 0.1) is 6.92 Å². The van der Waals surface area contributed by atoms with E-state index >= 15 is 0 Å². The summed E-state index contributed by atoms with van der Waals surface area (Å²) in [5.41, 5.74) is 3.08. The lowest BCUT2D eigenvalue weighted by Crippen LogP contribution is -2.52. The van der Waals surface area contributed by atoms with Gasteiger partial charge in [-0.05, 0) is 41.5 Å². The molecule has 0 saturated heterocycles. The number of fused-ring (bicyclic) bond motifs is 1. The van der Waals surface area contributed by atoms with E-state index < -0.39 is 6.04 Å². The van der Waals surface area contributed by atoms with Crippen LogP contribution in [0.3, 0.4) is 0 Å². The third kappa shape index (κ3) is 7.00. The lowest BCUT2D eigenvalue weighted by atomic mass is 10.0. The van der Waals surface area contributed by atoms with Crippen LogP contribution in [-0.2, 0) is 22.6 Å². The van der Waals surface area contributed by atoms with Crippen LogP contribution in [0.2, 0.25) is 0 Å². The maximum atomic E-state index is 13.9. The molecule has 2 amide bonds. The lowest BCUT2D eigenvalue weighted by Gasteiger charge is -2.32. The van der Waals surface area contributed by atoms with Crippen molar-refractivity contribution in [2.45, 2.75) is 45.7 Å². The third-order valence-electron chi connectivity index (χ3n) is 6.80. The summed E-state index contributed by atoms with van der Waals surface area (Å²) in [6.45, 7) is 4.86. The number of hydrogen-bond acceptors (Lipinski definition) is 3. The van der Waals surface area contributed by atoms with Crippen molar-refractivity contribution in [2.75, 3.05) is 13.2 Å². The molecule has 0 saturated carbocycles. The van der Waals surface area contributed by atoms with Crippen molar-refractivity contribution in [3.63, 3.8) is 0 Å². The highest BCUT2D eigenvalue weighted by molar-refractivity contribution is 5.90. The summed E-state index contributed by atoms with van der Waals surface area (Å²) in [5.74, 6) is 0.279. The molecule has 0 aliphatic rings. The van der Waals surface area contributed by atoms with Gasteiger partial charge in [-0.2, -0.15) is 0 Å². The van der Waals surface area contributed by atoms with Gasteiger partial charge in [0.05, 0.1) is 0 Å². The first-order valence-electron chi connectivity index (χ1n) is 13.3. The van der Waals surface area contributed by atoms with E-state index in [0.29, 0.717) is 25.3 Å². The molecule has 4 aromatic rings. The molecule has 1 atom stereocenters. The molecule has 1 N–H and O–H groups in total. The summed E-state index contributed by atoms with van der Waals surface area (Å²) >= 11 is 0. The molecular formula is C33H36N2O3. The van der Waals surface area contributed by atoms with Crippen LogP contribution in [0.5, 0.6) is 5.75 Å². The Morgan fingerprint density at radius 2 is 1.58 bits per heavy atom. The second-order valence-corrected chi connectivity index (χ2v) is 9.56. The quantitative estimate of drug-likeness (QED) is 0.236. The second kappa shape index (κ2) is 13.4. The SMILES string of the molecule is CCCCNC(=O)[C@H](Cc1ccccc1)N(Cc1ccccc1C)C(=O)COc1cccc2ccccc12. The van der Waals surface area contributed by atoms with Crippen LogP contribution >= 0.6 is 0 Å². The van der Waals surface area contributed by atoms with Crippen LogP contribution in [0.1, 0.15) is 36.5 Å². The molecule has 5 heteroatoms. The van der Waals surface area contributed by atoms with Crippen LogP contribution in [-0.4, -0.2) is 35.9 Å². The molecule has 0 unspecified atom stereocenters. The van der Waals surface area contributed by atoms with Crippen LogP contribution in [0.25, 0.3) is 10.8 Å². The van der Waals surface area contributed by atoms with Crippen molar-refractivity contribution in [2.24, 2.45) is 0 Å². The van der Waals surface area contributed by atoms with E-state index in [-0.39, 0.29) is 18.4 Å². The minimum Gasteiger partial charge on any atom is -0.483 e. The summed E-state index contributed by atoms with van der Waals surface area (Å²) in [4.78, 5) is 29.1. The molecule has 0 bridgehead atoms. The Hall–Kier alpha value is -4.12. The van der Waals surface area contributed by atoms with E-state index in [0.717, 1.165) is 40.3 Å². The van der Waals surface area contributed by atoms with Gasteiger partial charge in [-0.3, -0.25) is 9.59 Å². The van der Waals surface area contributed by atoms with E-state index in [2.05, 4.69) is 12.2 Å². The number of rotatable bonds is 12. The maximum absolute atomic E-state index is 13.9. The van der Waals surface area contributed by atoms with Gasteiger partial charge in [0.2, 0.25) is 5.91 Å². The standard InChI is InChI=1S/C33H36N2O3/c1-3-4-21-34-33(37)30(22-26-14-6-5-7-15-26)35(23-28-17-9-8-13-25(28)2)32(36)24-38-31-20-12-18-27-16-10-11-19-29(27)31/h5-20,30H,3-4,21-24H2,1-2H3,(H,34,37)/t30-/m0/s1. The summed E-state index contributed by atoms with van der Waals surface area (Å²) < 4.78 is 6.09. The number of nitrogens with zero attached hydrogens (tertiary/aromatic N) is 1. The molecule has 0 aromatic heterocycles. The van der Waals surface area contributed by atoms with Gasteiger partial charge < -0.3 is 15.0 Å². The monoisotopic (exact) mass is 508 g/mol. The zero-order valence-electron chi connectivity index (χ0n) is 22.2. The highest BCUT2D eigenvalue weighted by atomic mass is 16.5.